The Balaban J connectivity index is 1.98. The predicted molar refractivity (Wildman–Crippen MR) is 56.2 cm³/mol. The van der Waals surface area contributed by atoms with Crippen LogP contribution in [0.15, 0.2) is 11.7 Å². The number of thiazole rings is 1. The lowest BCUT2D eigenvalue weighted by molar-refractivity contribution is -0.113. The molecule has 1 aromatic rings. The van der Waals surface area contributed by atoms with Gasteiger partial charge in [0, 0.05) is 17.6 Å². The second-order valence-electron chi connectivity index (χ2n) is 3.64. The van der Waals surface area contributed by atoms with Crippen molar-refractivity contribution in [2.75, 3.05) is 6.54 Å². The number of hydrogen-bond donors (Lipinski definition) is 0. The predicted octanol–water partition coefficient (Wildman–Crippen LogP) is 1.70. The number of aldehydes is 1. The summed E-state index contributed by atoms with van der Waals surface area (Å²) in [7, 11) is 0. The van der Waals surface area contributed by atoms with Crippen LogP contribution >= 0.6 is 11.3 Å². The molecule has 1 aliphatic heterocycles. The molecule has 3 nitrogen and oxygen atoms in total. The molecule has 2 rings (SSSR count). The molecule has 1 aromatic heterocycles. The van der Waals surface area contributed by atoms with Gasteiger partial charge in [0.1, 0.15) is 6.29 Å². The number of rotatable bonds is 3. The molecule has 76 valence electrons. The van der Waals surface area contributed by atoms with Crippen LogP contribution in [0.2, 0.25) is 0 Å². The zero-order valence-electron chi connectivity index (χ0n) is 8.06. The van der Waals surface area contributed by atoms with Gasteiger partial charge < -0.3 is 4.79 Å². The highest BCUT2D eigenvalue weighted by atomic mass is 32.1. The molecule has 0 amide bonds. The van der Waals surface area contributed by atoms with Gasteiger partial charge in [-0.15, -0.1) is 11.3 Å². The Hall–Kier alpha value is -0.740. The average molecular weight is 210 g/mol. The Morgan fingerprint density at radius 3 is 3.29 bits per heavy atom. The fourth-order valence-corrected chi connectivity index (χ4v) is 2.51. The van der Waals surface area contributed by atoms with E-state index in [4.69, 9.17) is 0 Å². The van der Waals surface area contributed by atoms with E-state index >= 15 is 0 Å². The first kappa shape index (κ1) is 9.80. The van der Waals surface area contributed by atoms with Crippen LogP contribution in [0.1, 0.15) is 24.1 Å². The quantitative estimate of drug-likeness (QED) is 0.712. The summed E-state index contributed by atoms with van der Waals surface area (Å²) in [5.74, 6) is 0. The van der Waals surface area contributed by atoms with E-state index in [2.05, 4.69) is 9.88 Å². The summed E-state index contributed by atoms with van der Waals surface area (Å²) in [6.45, 7) is 1.93. The van der Waals surface area contributed by atoms with E-state index in [1.807, 2.05) is 11.7 Å². The Labute approximate surface area is 87.8 Å². The topological polar surface area (TPSA) is 33.2 Å². The fraction of sp³-hybridized carbons (Fsp3) is 0.600. The molecule has 0 N–H and O–H groups in total. The molecule has 0 spiro atoms. The van der Waals surface area contributed by atoms with Crippen molar-refractivity contribution in [1.82, 2.24) is 9.88 Å². The molecule has 1 aliphatic rings. The normalized spacial score (nSPS) is 23.6. The highest BCUT2D eigenvalue weighted by Gasteiger charge is 2.21. The lowest BCUT2D eigenvalue weighted by Gasteiger charge is -2.31. The van der Waals surface area contributed by atoms with Gasteiger partial charge in [-0.05, 0) is 19.4 Å². The molecule has 1 unspecified atom stereocenters. The second-order valence-corrected chi connectivity index (χ2v) is 4.61. The van der Waals surface area contributed by atoms with E-state index in [1.165, 1.54) is 17.7 Å². The average Bonchev–Trinajstić information content (AvgIpc) is 2.71. The first-order valence-electron chi connectivity index (χ1n) is 4.97. The minimum atomic E-state index is 0.130. The third kappa shape index (κ3) is 2.19. The van der Waals surface area contributed by atoms with Crippen molar-refractivity contribution in [3.8, 4) is 0 Å². The summed E-state index contributed by atoms with van der Waals surface area (Å²) < 4.78 is 0. The third-order valence-corrected chi connectivity index (χ3v) is 3.43. The van der Waals surface area contributed by atoms with Crippen LogP contribution in [-0.4, -0.2) is 28.8 Å². The number of hydrogen-bond acceptors (Lipinski definition) is 4. The third-order valence-electron chi connectivity index (χ3n) is 2.66. The van der Waals surface area contributed by atoms with Crippen LogP contribution in [0.4, 0.5) is 0 Å². The lowest BCUT2D eigenvalue weighted by atomic mass is 10.0. The minimum Gasteiger partial charge on any atom is -0.302 e. The second kappa shape index (κ2) is 4.66. The van der Waals surface area contributed by atoms with Crippen molar-refractivity contribution >= 4 is 17.6 Å². The molecular weight excluding hydrogens is 196 g/mol. The van der Waals surface area contributed by atoms with E-state index in [-0.39, 0.29) is 6.04 Å². The Morgan fingerprint density at radius 1 is 1.64 bits per heavy atom. The van der Waals surface area contributed by atoms with Crippen molar-refractivity contribution in [2.24, 2.45) is 0 Å². The fourth-order valence-electron chi connectivity index (χ4n) is 1.89. The van der Waals surface area contributed by atoms with Crippen LogP contribution in [0, 0.1) is 0 Å². The number of nitrogens with zero attached hydrogens (tertiary/aromatic N) is 2. The van der Waals surface area contributed by atoms with Crippen LogP contribution in [0.25, 0.3) is 0 Å². The number of likely N-dealkylation sites (tertiary alicyclic amines) is 1. The van der Waals surface area contributed by atoms with Crippen LogP contribution in [0.3, 0.4) is 0 Å². The summed E-state index contributed by atoms with van der Waals surface area (Å²) in [6.07, 6.45) is 6.38. The Bertz CT molecular complexity index is 286. The van der Waals surface area contributed by atoms with E-state index in [0.29, 0.717) is 0 Å². The molecule has 1 saturated heterocycles. The molecule has 0 aromatic carbocycles. The molecule has 0 bridgehead atoms. The minimum absolute atomic E-state index is 0.130. The summed E-state index contributed by atoms with van der Waals surface area (Å²) in [6, 6.07) is 0.130. The molecule has 14 heavy (non-hydrogen) atoms. The van der Waals surface area contributed by atoms with Crippen molar-refractivity contribution in [3.05, 3.63) is 16.6 Å². The zero-order valence-corrected chi connectivity index (χ0v) is 8.87. The highest BCUT2D eigenvalue weighted by molar-refractivity contribution is 7.09. The lowest BCUT2D eigenvalue weighted by Crippen LogP contribution is -2.39. The Morgan fingerprint density at radius 2 is 2.57 bits per heavy atom. The van der Waals surface area contributed by atoms with E-state index in [0.717, 1.165) is 25.8 Å². The molecule has 1 atom stereocenters. The summed E-state index contributed by atoms with van der Waals surface area (Å²) in [5, 5.41) is 0. The summed E-state index contributed by atoms with van der Waals surface area (Å²) in [5.41, 5.74) is 1.84. The number of carbonyl (C=O) groups excluding carboxylic acids is 1. The van der Waals surface area contributed by atoms with Gasteiger partial charge in [-0.1, -0.05) is 6.42 Å². The first-order chi connectivity index (χ1) is 6.90. The molecule has 4 heteroatoms. The molecule has 0 aliphatic carbocycles. The smallest absolute Gasteiger partial charge is 0.137 e. The monoisotopic (exact) mass is 210 g/mol. The largest absolute Gasteiger partial charge is 0.302 e. The molecule has 2 heterocycles. The van der Waals surface area contributed by atoms with E-state index in [1.54, 1.807) is 11.3 Å². The molecule has 1 fully saturated rings. The highest BCUT2D eigenvalue weighted by Crippen LogP contribution is 2.19. The van der Waals surface area contributed by atoms with Gasteiger partial charge in [-0.2, -0.15) is 0 Å². The SMILES string of the molecule is O=CC1CCCCN1Cc1cncs1. The molecular formula is C10H14N2OS. The number of aromatic nitrogens is 1. The van der Waals surface area contributed by atoms with Crippen LogP contribution in [0.5, 0.6) is 0 Å². The maximum atomic E-state index is 10.8. The zero-order chi connectivity index (χ0) is 9.80. The number of piperidine rings is 1. The maximum absolute atomic E-state index is 10.8. The van der Waals surface area contributed by atoms with Gasteiger partial charge in [0.15, 0.2) is 0 Å². The van der Waals surface area contributed by atoms with Gasteiger partial charge in [0.2, 0.25) is 0 Å². The van der Waals surface area contributed by atoms with Crippen molar-refractivity contribution in [1.29, 1.82) is 0 Å². The molecule has 0 saturated carbocycles. The van der Waals surface area contributed by atoms with Crippen LogP contribution < -0.4 is 0 Å². The first-order valence-corrected chi connectivity index (χ1v) is 5.85. The van der Waals surface area contributed by atoms with Gasteiger partial charge in [0.25, 0.3) is 0 Å². The van der Waals surface area contributed by atoms with Gasteiger partial charge in [-0.25, -0.2) is 0 Å². The van der Waals surface area contributed by atoms with Crippen LogP contribution in [-0.2, 0) is 11.3 Å². The van der Waals surface area contributed by atoms with Gasteiger partial charge in [0.05, 0.1) is 11.6 Å². The van der Waals surface area contributed by atoms with Gasteiger partial charge in [-0.3, -0.25) is 9.88 Å². The summed E-state index contributed by atoms with van der Waals surface area (Å²) in [4.78, 5) is 18.4. The van der Waals surface area contributed by atoms with Crippen molar-refractivity contribution < 1.29 is 4.79 Å². The Kier molecular flexibility index (Phi) is 3.26. The van der Waals surface area contributed by atoms with Crippen molar-refractivity contribution in [3.63, 3.8) is 0 Å². The standard InChI is InChI=1S/C10H14N2OS/c13-7-9-3-1-2-4-12(9)6-10-5-11-8-14-10/h5,7-9H,1-4,6H2. The number of carbonyl (C=O) groups is 1. The van der Waals surface area contributed by atoms with E-state index in [9.17, 15) is 4.79 Å². The van der Waals surface area contributed by atoms with Gasteiger partial charge >= 0.3 is 0 Å². The maximum Gasteiger partial charge on any atom is 0.137 e. The van der Waals surface area contributed by atoms with E-state index < -0.39 is 0 Å². The van der Waals surface area contributed by atoms with Crippen molar-refractivity contribution in [2.45, 2.75) is 31.8 Å². The summed E-state index contributed by atoms with van der Waals surface area (Å²) >= 11 is 1.66. The molecule has 0 radical (unpaired) electrons.